The van der Waals surface area contributed by atoms with Gasteiger partial charge in [-0.1, -0.05) is 20.8 Å². The first-order chi connectivity index (χ1) is 4.81. The molecule has 0 fully saturated rings. The molecule has 0 bridgehead atoms. The van der Waals surface area contributed by atoms with E-state index in [2.05, 4.69) is 46.0 Å². The highest BCUT2D eigenvalue weighted by Gasteiger charge is 2.34. The molecule has 0 amide bonds. The molecule has 2 nitrogen and oxygen atoms in total. The summed E-state index contributed by atoms with van der Waals surface area (Å²) in [6, 6.07) is 0. The Morgan fingerprint density at radius 1 is 1.09 bits per heavy atom. The maximum absolute atomic E-state index is 5.41. The minimum Gasteiger partial charge on any atom is -0.400 e. The van der Waals surface area contributed by atoms with Crippen molar-refractivity contribution < 1.29 is 4.84 Å². The molecule has 11 heavy (non-hydrogen) atoms. The summed E-state index contributed by atoms with van der Waals surface area (Å²) in [4.78, 5) is 9.40. The molecule has 0 aliphatic rings. The Kier molecular flexibility index (Phi) is 3.42. The van der Waals surface area contributed by atoms with Gasteiger partial charge in [-0.15, -0.1) is 0 Å². The molecule has 3 heteroatoms. The van der Waals surface area contributed by atoms with Crippen LogP contribution in [0, 0.1) is 5.41 Å². The minimum atomic E-state index is -0.157. The smallest absolute Gasteiger partial charge is 0.161 e. The Bertz CT molecular complexity index is 147. The van der Waals surface area contributed by atoms with Crippen molar-refractivity contribution in [3.05, 3.63) is 0 Å². The van der Waals surface area contributed by atoms with Crippen molar-refractivity contribution >= 4 is 9.31 Å². The molecule has 0 saturated heterocycles. The van der Waals surface area contributed by atoms with Crippen molar-refractivity contribution in [1.29, 1.82) is 0 Å². The number of rotatable bonds is 2. The molecule has 0 radical (unpaired) electrons. The molecule has 0 aliphatic heterocycles. The lowest BCUT2D eigenvalue weighted by Gasteiger charge is -2.36. The van der Waals surface area contributed by atoms with Crippen LogP contribution in [0.4, 0.5) is 0 Å². The predicted molar refractivity (Wildman–Crippen MR) is 50.1 cm³/mol. The molecule has 0 heterocycles. The molecule has 0 rings (SSSR count). The topological polar surface area (TPSA) is 21.6 Å². The van der Waals surface area contributed by atoms with Crippen LogP contribution < -0.4 is 0 Å². The van der Waals surface area contributed by atoms with Crippen LogP contribution in [0.2, 0.25) is 6.55 Å². The fourth-order valence-electron chi connectivity index (χ4n) is 0.321. The summed E-state index contributed by atoms with van der Waals surface area (Å²) in [5.74, 6) is 0. The van der Waals surface area contributed by atoms with Gasteiger partial charge in [0.25, 0.3) is 0 Å². The van der Waals surface area contributed by atoms with Crippen molar-refractivity contribution in [3.63, 3.8) is 0 Å². The van der Waals surface area contributed by atoms with Crippen molar-refractivity contribution in [3.8, 4) is 0 Å². The van der Waals surface area contributed by atoms with Crippen LogP contribution in [0.1, 0.15) is 34.6 Å². The summed E-state index contributed by atoms with van der Waals surface area (Å²) in [7, 11) is 0.0961. The summed E-state index contributed by atoms with van der Waals surface area (Å²) in [6.07, 6.45) is 0. The normalized spacial score (nSPS) is 14.0. The quantitative estimate of drug-likeness (QED) is 0.464. The van der Waals surface area contributed by atoms with E-state index in [0.29, 0.717) is 0 Å². The van der Waals surface area contributed by atoms with E-state index >= 15 is 0 Å². The van der Waals surface area contributed by atoms with Gasteiger partial charge in [0, 0.05) is 5.41 Å². The average Bonchev–Trinajstić information content (AvgIpc) is 1.81. The van der Waals surface area contributed by atoms with E-state index in [4.69, 9.17) is 4.84 Å². The van der Waals surface area contributed by atoms with Crippen molar-refractivity contribution in [1.82, 2.24) is 0 Å². The minimum absolute atomic E-state index is 0.0961. The molecule has 0 spiro atoms. The highest BCUT2D eigenvalue weighted by molar-refractivity contribution is 6.18. The molecule has 0 aliphatic carbocycles. The fraction of sp³-hybridized carbons (Fsp3) is 1.00. The van der Waals surface area contributed by atoms with Crippen LogP contribution in [-0.4, -0.2) is 14.9 Å². The molecule has 0 aromatic carbocycles. The lowest BCUT2D eigenvalue weighted by atomic mass is 9.79. The monoisotopic (exact) mass is 173 g/mol. The second kappa shape index (κ2) is 3.48. The lowest BCUT2D eigenvalue weighted by Crippen LogP contribution is -2.38. The summed E-state index contributed by atoms with van der Waals surface area (Å²) in [5, 5.41) is 0. The Hall–Kier alpha value is -0.183. The van der Waals surface area contributed by atoms with Crippen molar-refractivity contribution in [2.24, 2.45) is 10.2 Å². The fourth-order valence-corrected chi connectivity index (χ4v) is 0.690. The van der Waals surface area contributed by atoms with Gasteiger partial charge in [-0.3, -0.25) is 0 Å². The van der Waals surface area contributed by atoms with Gasteiger partial charge in [-0.2, -0.15) is 4.80 Å². The molecule has 0 atom stereocenters. The maximum atomic E-state index is 5.41. The molecular weight excluding hydrogens is 154 g/mol. The predicted octanol–water partition coefficient (Wildman–Crippen LogP) is 2.41. The van der Waals surface area contributed by atoms with Crippen LogP contribution in [0.15, 0.2) is 4.80 Å². The second-order valence-corrected chi connectivity index (χ2v) is 4.94. The van der Waals surface area contributed by atoms with E-state index < -0.39 is 0 Å². The summed E-state index contributed by atoms with van der Waals surface area (Å²) in [6.45, 7) is 12.7. The molecule has 0 saturated carbocycles. The van der Waals surface area contributed by atoms with E-state index in [1.54, 1.807) is 0 Å². The third kappa shape index (κ3) is 3.14. The largest absolute Gasteiger partial charge is 0.400 e. The highest BCUT2D eigenvalue weighted by atomic mass is 28.2. The summed E-state index contributed by atoms with van der Waals surface area (Å²) >= 11 is 0. The molecule has 0 N–H and O–H groups in total. The number of hydrogen-bond donors (Lipinski definition) is 0. The van der Waals surface area contributed by atoms with E-state index in [-0.39, 0.29) is 20.3 Å². The van der Waals surface area contributed by atoms with Crippen LogP contribution in [-0.2, 0) is 4.84 Å². The van der Waals surface area contributed by atoms with Gasteiger partial charge < -0.3 is 4.84 Å². The first-order valence-corrected chi connectivity index (χ1v) is 5.64. The Balaban J connectivity index is 4.22. The SMILES string of the molecule is C[SiH]=NOC(C)(C)C(C)(C)C. The van der Waals surface area contributed by atoms with Crippen LogP contribution in [0.3, 0.4) is 0 Å². The van der Waals surface area contributed by atoms with Crippen molar-refractivity contribution in [2.75, 3.05) is 0 Å². The van der Waals surface area contributed by atoms with E-state index in [1.165, 1.54) is 0 Å². The summed E-state index contributed by atoms with van der Waals surface area (Å²) in [5.41, 5.74) is -0.0128. The maximum Gasteiger partial charge on any atom is 0.161 e. The molecular formula is C8H19NOSi. The third-order valence-electron chi connectivity index (χ3n) is 2.19. The van der Waals surface area contributed by atoms with Gasteiger partial charge in [0.15, 0.2) is 9.31 Å². The van der Waals surface area contributed by atoms with Gasteiger partial charge in [-0.05, 0) is 20.4 Å². The summed E-state index contributed by atoms with van der Waals surface area (Å²) < 4.78 is 0. The van der Waals surface area contributed by atoms with Gasteiger partial charge >= 0.3 is 0 Å². The Morgan fingerprint density at radius 3 is 1.82 bits per heavy atom. The standard InChI is InChI=1S/C8H19NOSi/c1-7(2,3)8(4,5)10-9-11-6/h11H,1-6H3. The second-order valence-electron chi connectivity index (χ2n) is 4.22. The zero-order valence-electron chi connectivity index (χ0n) is 8.43. The van der Waals surface area contributed by atoms with Crippen molar-refractivity contribution in [2.45, 2.75) is 46.8 Å². The van der Waals surface area contributed by atoms with Gasteiger partial charge in [-0.25, -0.2) is 0 Å². The zero-order valence-corrected chi connectivity index (χ0v) is 9.59. The molecule has 0 unspecified atom stereocenters. The van der Waals surface area contributed by atoms with Gasteiger partial charge in [0.1, 0.15) is 5.60 Å². The molecule has 66 valence electrons. The van der Waals surface area contributed by atoms with Gasteiger partial charge in [0.2, 0.25) is 0 Å². The van der Waals surface area contributed by atoms with E-state index in [9.17, 15) is 0 Å². The first-order valence-electron chi connectivity index (χ1n) is 3.97. The van der Waals surface area contributed by atoms with Crippen LogP contribution in [0.5, 0.6) is 0 Å². The van der Waals surface area contributed by atoms with E-state index in [1.807, 2.05) is 0 Å². The van der Waals surface area contributed by atoms with Crippen LogP contribution in [0.25, 0.3) is 0 Å². The number of hydrogen-bond acceptors (Lipinski definition) is 2. The molecule has 0 aromatic rings. The highest BCUT2D eigenvalue weighted by Crippen LogP contribution is 2.32. The van der Waals surface area contributed by atoms with E-state index in [0.717, 1.165) is 0 Å². The molecule has 0 aromatic heterocycles. The Labute approximate surface area is 71.8 Å². The average molecular weight is 173 g/mol. The zero-order chi connectivity index (χ0) is 9.12. The number of nitrogens with zero attached hydrogens (tertiary/aromatic N) is 1. The lowest BCUT2D eigenvalue weighted by molar-refractivity contribution is -0.0872. The van der Waals surface area contributed by atoms with Crippen LogP contribution >= 0.6 is 0 Å². The van der Waals surface area contributed by atoms with Gasteiger partial charge in [0.05, 0.1) is 0 Å². The first kappa shape index (κ1) is 10.8. The third-order valence-corrected chi connectivity index (χ3v) is 2.51. The Morgan fingerprint density at radius 2 is 1.55 bits per heavy atom.